The molecule has 1 aromatic rings. The van der Waals surface area contributed by atoms with Crippen LogP contribution in [0.15, 0.2) is 29.3 Å². The topological polar surface area (TPSA) is 39.7 Å². The Morgan fingerprint density at radius 2 is 1.93 bits per heavy atom. The number of aliphatic imine (C=N–C) groups is 1. The second-order valence-corrected chi connectivity index (χ2v) is 6.72. The number of nitrogens with one attached hydrogen (secondary N) is 2. The van der Waals surface area contributed by atoms with Crippen molar-refractivity contribution in [3.8, 4) is 0 Å². The Morgan fingerprint density at radius 3 is 2.52 bits per heavy atom. The summed E-state index contributed by atoms with van der Waals surface area (Å²) in [6, 6.07) is 5.36. The highest BCUT2D eigenvalue weighted by atomic mass is 127. The molecule has 0 saturated carbocycles. The maximum absolute atomic E-state index is 12.8. The molecule has 0 radical (unpaired) electrons. The highest BCUT2D eigenvalue weighted by Crippen LogP contribution is 2.29. The molecule has 4 nitrogen and oxygen atoms in total. The molecule has 8 heteroatoms. The summed E-state index contributed by atoms with van der Waals surface area (Å²) < 4.78 is 38.3. The van der Waals surface area contributed by atoms with Crippen molar-refractivity contribution >= 4 is 29.9 Å². The first-order valence-electron chi connectivity index (χ1n) is 9.25. The fraction of sp³-hybridized carbons (Fsp3) is 0.632. The SMILES string of the molecule is CCN1CCC(CCNC(=NC)NCc2cccc(C(F)(F)F)c2)CC1.I. The Morgan fingerprint density at radius 1 is 1.22 bits per heavy atom. The lowest BCUT2D eigenvalue weighted by Crippen LogP contribution is -2.39. The Labute approximate surface area is 177 Å². The molecular formula is C19H30F3IN4. The van der Waals surface area contributed by atoms with E-state index in [1.165, 1.54) is 38.1 Å². The van der Waals surface area contributed by atoms with E-state index in [9.17, 15) is 13.2 Å². The monoisotopic (exact) mass is 498 g/mol. The fourth-order valence-corrected chi connectivity index (χ4v) is 3.25. The third-order valence-electron chi connectivity index (χ3n) is 4.94. The molecule has 1 aliphatic heterocycles. The number of guanidine groups is 1. The van der Waals surface area contributed by atoms with Gasteiger partial charge in [-0.3, -0.25) is 4.99 Å². The Kier molecular flexibility index (Phi) is 10.4. The highest BCUT2D eigenvalue weighted by Gasteiger charge is 2.30. The Hall–Kier alpha value is -1.03. The maximum Gasteiger partial charge on any atom is 0.416 e. The third kappa shape index (κ3) is 8.25. The van der Waals surface area contributed by atoms with Crippen molar-refractivity contribution in [3.05, 3.63) is 35.4 Å². The van der Waals surface area contributed by atoms with E-state index in [0.717, 1.165) is 31.5 Å². The summed E-state index contributed by atoms with van der Waals surface area (Å²) in [4.78, 5) is 6.62. The molecule has 0 amide bonds. The molecule has 0 atom stereocenters. The molecule has 0 aliphatic carbocycles. The summed E-state index contributed by atoms with van der Waals surface area (Å²) in [5.74, 6) is 1.35. The van der Waals surface area contributed by atoms with Gasteiger partial charge in [0.15, 0.2) is 5.96 Å². The van der Waals surface area contributed by atoms with Gasteiger partial charge in [-0.2, -0.15) is 13.2 Å². The van der Waals surface area contributed by atoms with E-state index < -0.39 is 11.7 Å². The molecule has 154 valence electrons. The zero-order valence-electron chi connectivity index (χ0n) is 16.0. The van der Waals surface area contributed by atoms with E-state index in [2.05, 4.69) is 27.4 Å². The number of nitrogens with zero attached hydrogens (tertiary/aromatic N) is 2. The molecule has 0 aromatic heterocycles. The number of hydrogen-bond donors (Lipinski definition) is 2. The van der Waals surface area contributed by atoms with Crippen molar-refractivity contribution in [1.82, 2.24) is 15.5 Å². The zero-order chi connectivity index (χ0) is 19.0. The van der Waals surface area contributed by atoms with Crippen LogP contribution in [0, 0.1) is 5.92 Å². The summed E-state index contributed by atoms with van der Waals surface area (Å²) in [5, 5.41) is 6.34. The lowest BCUT2D eigenvalue weighted by molar-refractivity contribution is -0.137. The third-order valence-corrected chi connectivity index (χ3v) is 4.94. The van der Waals surface area contributed by atoms with Crippen molar-refractivity contribution in [1.29, 1.82) is 0 Å². The van der Waals surface area contributed by atoms with Crippen molar-refractivity contribution in [2.45, 2.75) is 38.9 Å². The van der Waals surface area contributed by atoms with E-state index in [-0.39, 0.29) is 24.0 Å². The molecule has 1 heterocycles. The van der Waals surface area contributed by atoms with Crippen LogP contribution in [0.1, 0.15) is 37.3 Å². The number of rotatable bonds is 6. The Bertz CT molecular complexity index is 585. The van der Waals surface area contributed by atoms with Crippen LogP contribution >= 0.6 is 24.0 Å². The number of alkyl halides is 3. The zero-order valence-corrected chi connectivity index (χ0v) is 18.3. The molecule has 1 aromatic carbocycles. The summed E-state index contributed by atoms with van der Waals surface area (Å²) in [6.45, 7) is 6.78. The summed E-state index contributed by atoms with van der Waals surface area (Å²) in [6.07, 6.45) is -0.775. The summed E-state index contributed by atoms with van der Waals surface area (Å²) >= 11 is 0. The number of hydrogen-bond acceptors (Lipinski definition) is 2. The first kappa shape index (κ1) is 24.0. The highest BCUT2D eigenvalue weighted by molar-refractivity contribution is 14.0. The van der Waals surface area contributed by atoms with Gasteiger partial charge in [-0.25, -0.2) is 0 Å². The molecule has 27 heavy (non-hydrogen) atoms. The van der Waals surface area contributed by atoms with Crippen LogP contribution in [-0.4, -0.2) is 44.1 Å². The van der Waals surface area contributed by atoms with Gasteiger partial charge in [-0.1, -0.05) is 19.1 Å². The molecular weight excluding hydrogens is 468 g/mol. The molecule has 0 unspecified atom stereocenters. The molecule has 0 bridgehead atoms. The van der Waals surface area contributed by atoms with Gasteiger partial charge >= 0.3 is 6.18 Å². The molecule has 2 N–H and O–H groups in total. The minimum Gasteiger partial charge on any atom is -0.356 e. The number of halogens is 4. The molecule has 2 rings (SSSR count). The predicted octanol–water partition coefficient (Wildman–Crippen LogP) is 4.11. The predicted molar refractivity (Wildman–Crippen MR) is 115 cm³/mol. The van der Waals surface area contributed by atoms with Gasteiger partial charge in [-0.15, -0.1) is 24.0 Å². The van der Waals surface area contributed by atoms with Crippen molar-refractivity contribution in [3.63, 3.8) is 0 Å². The van der Waals surface area contributed by atoms with E-state index in [0.29, 0.717) is 18.1 Å². The van der Waals surface area contributed by atoms with Crippen LogP contribution in [0.5, 0.6) is 0 Å². The van der Waals surface area contributed by atoms with Crippen LogP contribution in [0.3, 0.4) is 0 Å². The van der Waals surface area contributed by atoms with Crippen molar-refractivity contribution in [2.75, 3.05) is 33.2 Å². The smallest absolute Gasteiger partial charge is 0.356 e. The molecule has 0 spiro atoms. The summed E-state index contributed by atoms with van der Waals surface area (Å²) in [7, 11) is 1.67. The first-order valence-corrected chi connectivity index (χ1v) is 9.25. The second-order valence-electron chi connectivity index (χ2n) is 6.72. The first-order chi connectivity index (χ1) is 12.4. The van der Waals surface area contributed by atoms with E-state index in [4.69, 9.17) is 0 Å². The van der Waals surface area contributed by atoms with E-state index in [1.54, 1.807) is 13.1 Å². The van der Waals surface area contributed by atoms with Gasteiger partial charge in [0.2, 0.25) is 0 Å². The van der Waals surface area contributed by atoms with Gasteiger partial charge < -0.3 is 15.5 Å². The van der Waals surface area contributed by atoms with Crippen LogP contribution in [0.4, 0.5) is 13.2 Å². The number of likely N-dealkylation sites (tertiary alicyclic amines) is 1. The maximum atomic E-state index is 12.8. The minimum absolute atomic E-state index is 0. The van der Waals surface area contributed by atoms with Gasteiger partial charge in [0, 0.05) is 20.1 Å². The average molecular weight is 498 g/mol. The van der Waals surface area contributed by atoms with Crippen LogP contribution in [0.25, 0.3) is 0 Å². The van der Waals surface area contributed by atoms with E-state index in [1.807, 2.05) is 0 Å². The quantitative estimate of drug-likeness (QED) is 0.353. The second kappa shape index (κ2) is 11.7. The van der Waals surface area contributed by atoms with Gasteiger partial charge in [0.05, 0.1) is 5.56 Å². The van der Waals surface area contributed by atoms with Crippen LogP contribution in [0.2, 0.25) is 0 Å². The fourth-order valence-electron chi connectivity index (χ4n) is 3.25. The normalized spacial score (nSPS) is 16.7. The van der Waals surface area contributed by atoms with E-state index >= 15 is 0 Å². The lowest BCUT2D eigenvalue weighted by Gasteiger charge is -2.31. The molecule has 1 fully saturated rings. The molecule has 1 saturated heterocycles. The van der Waals surface area contributed by atoms with Crippen molar-refractivity contribution in [2.24, 2.45) is 10.9 Å². The molecule has 1 aliphatic rings. The van der Waals surface area contributed by atoms with Crippen LogP contribution < -0.4 is 10.6 Å². The standard InChI is InChI=1S/C19H29F3N4.HI/c1-3-26-11-8-15(9-12-26)7-10-24-18(23-2)25-14-16-5-4-6-17(13-16)19(20,21)22;/h4-6,13,15H,3,7-12,14H2,1-2H3,(H2,23,24,25);1H. The minimum atomic E-state index is -4.32. The van der Waals surface area contributed by atoms with Crippen LogP contribution in [-0.2, 0) is 12.7 Å². The van der Waals surface area contributed by atoms with Gasteiger partial charge in [-0.05, 0) is 62.5 Å². The number of benzene rings is 1. The van der Waals surface area contributed by atoms with Gasteiger partial charge in [0.1, 0.15) is 0 Å². The number of piperidine rings is 1. The van der Waals surface area contributed by atoms with Gasteiger partial charge in [0.25, 0.3) is 0 Å². The summed E-state index contributed by atoms with van der Waals surface area (Å²) in [5.41, 5.74) is -0.0483. The van der Waals surface area contributed by atoms with Crippen molar-refractivity contribution < 1.29 is 13.2 Å². The Balaban J connectivity index is 0.00000364. The lowest BCUT2D eigenvalue weighted by atomic mass is 9.93. The average Bonchev–Trinajstić information content (AvgIpc) is 2.64. The largest absolute Gasteiger partial charge is 0.416 e.